The molecule has 0 saturated carbocycles. The highest BCUT2D eigenvalue weighted by atomic mass is 16.5. The fourth-order valence-corrected chi connectivity index (χ4v) is 1.78. The number of imidazole rings is 1. The van der Waals surface area contributed by atoms with Gasteiger partial charge in [0.2, 0.25) is 5.65 Å². The van der Waals surface area contributed by atoms with Crippen molar-refractivity contribution in [1.82, 2.24) is 14.4 Å². The zero-order valence-corrected chi connectivity index (χ0v) is 12.3. The normalized spacial score (nSPS) is 11.2. The third-order valence-corrected chi connectivity index (χ3v) is 2.62. The summed E-state index contributed by atoms with van der Waals surface area (Å²) in [5.41, 5.74) is 0.718. The molecule has 6 heteroatoms. The summed E-state index contributed by atoms with van der Waals surface area (Å²) in [6, 6.07) is 0. The van der Waals surface area contributed by atoms with E-state index in [-0.39, 0.29) is 0 Å². The summed E-state index contributed by atoms with van der Waals surface area (Å²) in [7, 11) is 0. The van der Waals surface area contributed by atoms with E-state index in [1.165, 1.54) is 0 Å². The number of fused-ring (bicyclic) bond motifs is 1. The molecular weight excluding hydrogens is 256 g/mol. The van der Waals surface area contributed by atoms with Gasteiger partial charge in [0.15, 0.2) is 0 Å². The minimum absolute atomic E-state index is 0.470. The number of nitrogens with zero attached hydrogens (tertiary/aromatic N) is 3. The molecule has 6 nitrogen and oxygen atoms in total. The van der Waals surface area contributed by atoms with E-state index in [1.54, 1.807) is 6.20 Å². The molecule has 0 fully saturated rings. The van der Waals surface area contributed by atoms with Crippen molar-refractivity contribution in [3.63, 3.8) is 0 Å². The molecular formula is C14H22N4O2. The van der Waals surface area contributed by atoms with Crippen LogP contribution < -0.4 is 10.1 Å². The van der Waals surface area contributed by atoms with Crippen LogP contribution in [0.25, 0.3) is 5.65 Å². The van der Waals surface area contributed by atoms with Crippen LogP contribution >= 0.6 is 0 Å². The van der Waals surface area contributed by atoms with Gasteiger partial charge in [-0.15, -0.1) is 0 Å². The molecule has 20 heavy (non-hydrogen) atoms. The van der Waals surface area contributed by atoms with E-state index in [0.29, 0.717) is 25.0 Å². The number of aromatic nitrogens is 3. The number of anilines is 1. The molecule has 2 rings (SSSR count). The molecule has 0 aliphatic rings. The fourth-order valence-electron chi connectivity index (χ4n) is 1.78. The van der Waals surface area contributed by atoms with Crippen molar-refractivity contribution in [2.24, 2.45) is 5.92 Å². The van der Waals surface area contributed by atoms with Crippen LogP contribution in [-0.4, -0.2) is 40.7 Å². The van der Waals surface area contributed by atoms with Gasteiger partial charge >= 0.3 is 0 Å². The summed E-state index contributed by atoms with van der Waals surface area (Å²) in [6.45, 7) is 8.85. The number of rotatable bonds is 8. The van der Waals surface area contributed by atoms with Gasteiger partial charge in [0.1, 0.15) is 12.4 Å². The topological polar surface area (TPSA) is 60.7 Å². The third-order valence-electron chi connectivity index (χ3n) is 2.62. The summed E-state index contributed by atoms with van der Waals surface area (Å²) in [5.74, 6) is 1.84. The van der Waals surface area contributed by atoms with Crippen LogP contribution in [0, 0.1) is 5.92 Å². The molecule has 0 saturated heterocycles. The van der Waals surface area contributed by atoms with E-state index in [1.807, 2.05) is 23.7 Å². The number of hydrogen-bond donors (Lipinski definition) is 1. The van der Waals surface area contributed by atoms with E-state index in [0.717, 1.165) is 24.6 Å². The first kappa shape index (κ1) is 14.6. The summed E-state index contributed by atoms with van der Waals surface area (Å²) < 4.78 is 13.1. The minimum Gasteiger partial charge on any atom is -0.473 e. The lowest BCUT2D eigenvalue weighted by Gasteiger charge is -2.10. The van der Waals surface area contributed by atoms with Crippen LogP contribution in [0.3, 0.4) is 0 Å². The van der Waals surface area contributed by atoms with Crippen molar-refractivity contribution >= 4 is 11.5 Å². The van der Waals surface area contributed by atoms with Gasteiger partial charge < -0.3 is 14.8 Å². The monoisotopic (exact) mass is 278 g/mol. The average molecular weight is 278 g/mol. The van der Waals surface area contributed by atoms with Crippen molar-refractivity contribution in [3.8, 4) is 5.88 Å². The summed E-state index contributed by atoms with van der Waals surface area (Å²) >= 11 is 0. The Bertz CT molecular complexity index is 539. The average Bonchev–Trinajstić information content (AvgIpc) is 2.86. The Morgan fingerprint density at radius 3 is 2.95 bits per heavy atom. The predicted molar refractivity (Wildman–Crippen MR) is 78.3 cm³/mol. The number of ether oxygens (including phenoxy) is 2. The predicted octanol–water partition coefficient (Wildman–Crippen LogP) is 2.21. The zero-order valence-electron chi connectivity index (χ0n) is 12.3. The summed E-state index contributed by atoms with van der Waals surface area (Å²) in [6.07, 6.45) is 5.50. The molecule has 2 heterocycles. The Morgan fingerprint density at radius 1 is 1.35 bits per heavy atom. The Kier molecular flexibility index (Phi) is 5.17. The molecule has 2 aromatic heterocycles. The smallest absolute Gasteiger partial charge is 0.260 e. The second-order valence-corrected chi connectivity index (χ2v) is 4.94. The van der Waals surface area contributed by atoms with Crippen molar-refractivity contribution in [2.45, 2.75) is 20.8 Å². The molecule has 0 atom stereocenters. The van der Waals surface area contributed by atoms with E-state index in [9.17, 15) is 0 Å². The Hall–Kier alpha value is -1.82. The lowest BCUT2D eigenvalue weighted by molar-refractivity contribution is 0.0809. The lowest BCUT2D eigenvalue weighted by atomic mass is 10.2. The maximum absolute atomic E-state index is 5.69. The molecule has 0 aliphatic carbocycles. The van der Waals surface area contributed by atoms with Crippen LogP contribution in [0.5, 0.6) is 5.88 Å². The van der Waals surface area contributed by atoms with Gasteiger partial charge in [-0.05, 0) is 12.8 Å². The summed E-state index contributed by atoms with van der Waals surface area (Å²) in [4.78, 5) is 8.68. The van der Waals surface area contributed by atoms with E-state index in [4.69, 9.17) is 9.47 Å². The van der Waals surface area contributed by atoms with Gasteiger partial charge in [-0.25, -0.2) is 4.98 Å². The molecule has 0 bridgehead atoms. The second-order valence-electron chi connectivity index (χ2n) is 4.94. The first-order chi connectivity index (χ1) is 9.70. The molecule has 0 unspecified atom stereocenters. The SMILES string of the molecule is CCNc1cn2ccnc2c(OCCOCC(C)C)n1. The van der Waals surface area contributed by atoms with Crippen molar-refractivity contribution in [2.75, 3.05) is 31.7 Å². The second kappa shape index (κ2) is 7.09. The van der Waals surface area contributed by atoms with Crippen molar-refractivity contribution < 1.29 is 9.47 Å². The molecule has 0 aliphatic heterocycles. The van der Waals surface area contributed by atoms with Gasteiger partial charge in [0.05, 0.1) is 12.8 Å². The van der Waals surface area contributed by atoms with Gasteiger partial charge in [-0.3, -0.25) is 4.40 Å². The maximum Gasteiger partial charge on any atom is 0.260 e. The lowest BCUT2D eigenvalue weighted by Crippen LogP contribution is -2.12. The van der Waals surface area contributed by atoms with Crippen LogP contribution in [0.4, 0.5) is 5.82 Å². The summed E-state index contributed by atoms with van der Waals surface area (Å²) in [5, 5.41) is 3.18. The molecule has 0 aromatic carbocycles. The molecule has 1 N–H and O–H groups in total. The fraction of sp³-hybridized carbons (Fsp3) is 0.571. The van der Waals surface area contributed by atoms with Gasteiger partial charge in [0.25, 0.3) is 5.88 Å². The Morgan fingerprint density at radius 2 is 2.20 bits per heavy atom. The molecule has 2 aromatic rings. The van der Waals surface area contributed by atoms with Gasteiger partial charge in [-0.1, -0.05) is 13.8 Å². The highest BCUT2D eigenvalue weighted by Crippen LogP contribution is 2.18. The zero-order chi connectivity index (χ0) is 14.4. The molecule has 0 amide bonds. The standard InChI is InChI=1S/C14H22N4O2/c1-4-15-12-9-18-6-5-16-13(18)14(17-12)20-8-7-19-10-11(2)3/h5-6,9,11,15H,4,7-8,10H2,1-3H3. The van der Waals surface area contributed by atoms with E-state index < -0.39 is 0 Å². The van der Waals surface area contributed by atoms with Gasteiger partial charge in [-0.2, -0.15) is 4.98 Å². The van der Waals surface area contributed by atoms with Crippen LogP contribution in [0.15, 0.2) is 18.6 Å². The van der Waals surface area contributed by atoms with Crippen LogP contribution in [-0.2, 0) is 4.74 Å². The van der Waals surface area contributed by atoms with Crippen molar-refractivity contribution in [1.29, 1.82) is 0 Å². The van der Waals surface area contributed by atoms with E-state index >= 15 is 0 Å². The van der Waals surface area contributed by atoms with Crippen LogP contribution in [0.2, 0.25) is 0 Å². The quantitative estimate of drug-likeness (QED) is 0.750. The highest BCUT2D eigenvalue weighted by molar-refractivity contribution is 5.53. The largest absolute Gasteiger partial charge is 0.473 e. The van der Waals surface area contributed by atoms with E-state index in [2.05, 4.69) is 29.1 Å². The first-order valence-corrected chi connectivity index (χ1v) is 6.98. The Labute approximate surface area is 119 Å². The number of nitrogens with one attached hydrogen (secondary N) is 1. The first-order valence-electron chi connectivity index (χ1n) is 6.98. The number of hydrogen-bond acceptors (Lipinski definition) is 5. The minimum atomic E-state index is 0.470. The molecule has 0 spiro atoms. The molecule has 0 radical (unpaired) electrons. The highest BCUT2D eigenvalue weighted by Gasteiger charge is 2.08. The molecule has 110 valence electrons. The third kappa shape index (κ3) is 3.84. The van der Waals surface area contributed by atoms with Crippen molar-refractivity contribution in [3.05, 3.63) is 18.6 Å². The van der Waals surface area contributed by atoms with Crippen LogP contribution in [0.1, 0.15) is 20.8 Å². The Balaban J connectivity index is 1.98. The maximum atomic E-state index is 5.69. The van der Waals surface area contributed by atoms with Gasteiger partial charge in [0, 0.05) is 25.5 Å².